The minimum atomic E-state index is -0.625. The molecule has 5 nitrogen and oxygen atoms in total. The van der Waals surface area contributed by atoms with Gasteiger partial charge in [-0.15, -0.1) is 0 Å². The number of benzene rings is 2. The van der Waals surface area contributed by atoms with E-state index in [0.717, 1.165) is 22.4 Å². The van der Waals surface area contributed by atoms with Gasteiger partial charge in [0.25, 0.3) is 5.22 Å². The maximum absolute atomic E-state index is 12.4. The molecule has 4 rings (SSSR count). The summed E-state index contributed by atoms with van der Waals surface area (Å²) in [5.74, 6) is 0.276. The molecule has 0 radical (unpaired) electrons. The summed E-state index contributed by atoms with van der Waals surface area (Å²) < 4.78 is 11.1. The fourth-order valence-corrected chi connectivity index (χ4v) is 3.86. The second-order valence-electron chi connectivity index (χ2n) is 6.20. The number of aromatic nitrogens is 2. The predicted molar refractivity (Wildman–Crippen MR) is 112 cm³/mol. The lowest BCUT2D eigenvalue weighted by atomic mass is 10.1. The van der Waals surface area contributed by atoms with E-state index >= 15 is 0 Å². The summed E-state index contributed by atoms with van der Waals surface area (Å²) in [6.45, 7) is 0. The largest absolute Gasteiger partial charge is 0.468 e. The maximum Gasteiger partial charge on any atom is 0.323 e. The first-order chi connectivity index (χ1) is 14.3. The summed E-state index contributed by atoms with van der Waals surface area (Å²) in [4.78, 5) is 21.2. The highest BCUT2D eigenvalue weighted by Crippen LogP contribution is 2.41. The molecule has 0 fully saturated rings. The molecule has 0 aliphatic carbocycles. The highest BCUT2D eigenvalue weighted by Gasteiger charge is 2.27. The molecule has 0 unspecified atom stereocenters. The summed E-state index contributed by atoms with van der Waals surface area (Å²) >= 11 is 1.21. The van der Waals surface area contributed by atoms with Gasteiger partial charge >= 0.3 is 5.97 Å². The van der Waals surface area contributed by atoms with Gasteiger partial charge in [0.15, 0.2) is 5.76 Å². The Morgan fingerprint density at radius 3 is 2.28 bits per heavy atom. The van der Waals surface area contributed by atoms with E-state index in [2.05, 4.69) is 4.98 Å². The quantitative estimate of drug-likeness (QED) is 0.317. The molecule has 0 N–H and O–H groups in total. The molecule has 144 valence electrons. The van der Waals surface area contributed by atoms with Crippen LogP contribution in [0.25, 0.3) is 22.6 Å². The molecule has 1 atom stereocenters. The van der Waals surface area contributed by atoms with Crippen LogP contribution in [-0.4, -0.2) is 23.0 Å². The van der Waals surface area contributed by atoms with E-state index in [1.54, 1.807) is 18.5 Å². The molecule has 0 aliphatic heterocycles. The first-order valence-electron chi connectivity index (χ1n) is 9.02. The van der Waals surface area contributed by atoms with E-state index in [1.807, 2.05) is 66.7 Å². The lowest BCUT2D eigenvalue weighted by molar-refractivity contribution is -0.140. The molecule has 0 amide bonds. The van der Waals surface area contributed by atoms with Crippen LogP contribution in [0.5, 0.6) is 0 Å². The molecule has 2 aromatic heterocycles. The Bertz CT molecular complexity index is 1030. The topological polar surface area (TPSA) is 65.2 Å². The van der Waals surface area contributed by atoms with Crippen molar-refractivity contribution in [3.05, 3.63) is 90.8 Å². The lowest BCUT2D eigenvalue weighted by Crippen LogP contribution is -2.11. The first-order valence-corrected chi connectivity index (χ1v) is 9.90. The molecule has 29 heavy (non-hydrogen) atoms. The van der Waals surface area contributed by atoms with Gasteiger partial charge < -0.3 is 9.15 Å². The van der Waals surface area contributed by atoms with Crippen LogP contribution >= 0.6 is 11.8 Å². The Hall–Kier alpha value is -3.38. The van der Waals surface area contributed by atoms with Gasteiger partial charge in [0.2, 0.25) is 0 Å². The van der Waals surface area contributed by atoms with E-state index in [0.29, 0.717) is 11.0 Å². The Balaban J connectivity index is 1.76. The third kappa shape index (κ3) is 4.22. The molecule has 4 aromatic rings. The van der Waals surface area contributed by atoms with Crippen molar-refractivity contribution in [2.45, 2.75) is 10.5 Å². The van der Waals surface area contributed by atoms with Crippen molar-refractivity contribution in [1.29, 1.82) is 0 Å². The van der Waals surface area contributed by atoms with Crippen molar-refractivity contribution in [3.63, 3.8) is 0 Å². The Labute approximate surface area is 172 Å². The minimum Gasteiger partial charge on any atom is -0.468 e. The Kier molecular flexibility index (Phi) is 5.72. The summed E-state index contributed by atoms with van der Waals surface area (Å²) in [5, 5.41) is -0.235. The van der Waals surface area contributed by atoms with Gasteiger partial charge in [-0.25, -0.2) is 4.98 Å². The number of ether oxygens (including phenoxy) is 1. The molecule has 2 heterocycles. The van der Waals surface area contributed by atoms with Crippen LogP contribution in [-0.2, 0) is 9.53 Å². The number of hydrogen-bond acceptors (Lipinski definition) is 6. The number of esters is 1. The van der Waals surface area contributed by atoms with Crippen LogP contribution < -0.4 is 0 Å². The molecule has 0 spiro atoms. The van der Waals surface area contributed by atoms with Crippen LogP contribution in [0.15, 0.2) is 94.8 Å². The molecule has 2 aromatic carbocycles. The van der Waals surface area contributed by atoms with Gasteiger partial charge in [0.05, 0.1) is 7.11 Å². The minimum absolute atomic E-state index is 0.385. The summed E-state index contributed by atoms with van der Waals surface area (Å²) in [6.07, 6.45) is 3.31. The molecular weight excluding hydrogens is 384 g/mol. The van der Waals surface area contributed by atoms with Crippen molar-refractivity contribution in [2.75, 3.05) is 7.11 Å². The van der Waals surface area contributed by atoms with Gasteiger partial charge in [-0.05, 0) is 23.4 Å². The zero-order chi connectivity index (χ0) is 20.1. The van der Waals surface area contributed by atoms with E-state index in [-0.39, 0.29) is 5.97 Å². The number of carbonyl (C=O) groups is 1. The smallest absolute Gasteiger partial charge is 0.323 e. The summed E-state index contributed by atoms with van der Waals surface area (Å²) in [6, 6.07) is 23.3. The maximum atomic E-state index is 12.4. The van der Waals surface area contributed by atoms with E-state index in [9.17, 15) is 4.79 Å². The van der Waals surface area contributed by atoms with Gasteiger partial charge in [-0.2, -0.15) is 0 Å². The second-order valence-corrected chi connectivity index (χ2v) is 7.25. The number of pyridine rings is 1. The van der Waals surface area contributed by atoms with Crippen molar-refractivity contribution >= 4 is 17.7 Å². The number of hydrogen-bond donors (Lipinski definition) is 0. The number of oxazole rings is 1. The molecule has 6 heteroatoms. The predicted octanol–water partition coefficient (Wildman–Crippen LogP) is 5.41. The Morgan fingerprint density at radius 1 is 0.966 bits per heavy atom. The average molecular weight is 402 g/mol. The van der Waals surface area contributed by atoms with Crippen LogP contribution in [0.1, 0.15) is 10.8 Å². The van der Waals surface area contributed by atoms with E-state index in [1.165, 1.54) is 18.9 Å². The van der Waals surface area contributed by atoms with Crippen LogP contribution in [0.3, 0.4) is 0 Å². The first kappa shape index (κ1) is 19.0. The van der Waals surface area contributed by atoms with Gasteiger partial charge in [-0.1, -0.05) is 66.7 Å². The highest BCUT2D eigenvalue weighted by molar-refractivity contribution is 8.00. The van der Waals surface area contributed by atoms with Crippen LogP contribution in [0.2, 0.25) is 0 Å². The van der Waals surface area contributed by atoms with Gasteiger partial charge in [0, 0.05) is 23.5 Å². The fourth-order valence-electron chi connectivity index (χ4n) is 2.92. The summed E-state index contributed by atoms with van der Waals surface area (Å²) in [5.41, 5.74) is 3.32. The zero-order valence-corrected chi connectivity index (χ0v) is 16.5. The van der Waals surface area contributed by atoms with Crippen LogP contribution in [0, 0.1) is 0 Å². The van der Waals surface area contributed by atoms with E-state index in [4.69, 9.17) is 14.1 Å². The number of nitrogens with zero attached hydrogens (tertiary/aromatic N) is 2. The number of thioether (sulfide) groups is 1. The third-order valence-electron chi connectivity index (χ3n) is 4.31. The molecule has 0 saturated carbocycles. The standard InChI is InChI=1S/C23H18N2O3S/c1-27-22(26)21(18-13-8-14-24-15-18)29-23-25-19(16-9-4-2-5-10-16)20(28-23)17-11-6-3-7-12-17/h2-15,21H,1H3/t21-/m0/s1. The van der Waals surface area contributed by atoms with Crippen molar-refractivity contribution in [1.82, 2.24) is 9.97 Å². The normalized spacial score (nSPS) is 11.8. The zero-order valence-electron chi connectivity index (χ0n) is 15.7. The molecule has 0 bridgehead atoms. The second kappa shape index (κ2) is 8.75. The number of methoxy groups -OCH3 is 1. The SMILES string of the molecule is COC(=O)[C@@H](Sc1nc(-c2ccccc2)c(-c2ccccc2)o1)c1cccnc1. The monoisotopic (exact) mass is 402 g/mol. The third-order valence-corrected chi connectivity index (χ3v) is 5.39. The molecular formula is C23H18N2O3S. The van der Waals surface area contributed by atoms with Crippen LogP contribution in [0.4, 0.5) is 0 Å². The Morgan fingerprint density at radius 2 is 1.66 bits per heavy atom. The fraction of sp³-hybridized carbons (Fsp3) is 0.0870. The van der Waals surface area contributed by atoms with E-state index < -0.39 is 5.25 Å². The lowest BCUT2D eigenvalue weighted by Gasteiger charge is -2.11. The average Bonchev–Trinajstić information content (AvgIpc) is 3.23. The molecule has 0 aliphatic rings. The van der Waals surface area contributed by atoms with Gasteiger partial charge in [0.1, 0.15) is 10.9 Å². The van der Waals surface area contributed by atoms with Gasteiger partial charge in [-0.3, -0.25) is 9.78 Å². The van der Waals surface area contributed by atoms with Crippen molar-refractivity contribution < 1.29 is 13.9 Å². The summed E-state index contributed by atoms with van der Waals surface area (Å²) in [7, 11) is 1.37. The highest BCUT2D eigenvalue weighted by atomic mass is 32.2. The number of carbonyl (C=O) groups excluding carboxylic acids is 1. The van der Waals surface area contributed by atoms with Crippen molar-refractivity contribution in [3.8, 4) is 22.6 Å². The van der Waals surface area contributed by atoms with Crippen molar-refractivity contribution in [2.24, 2.45) is 0 Å². The number of rotatable bonds is 6. The molecule has 0 saturated heterocycles.